The van der Waals surface area contributed by atoms with Crippen molar-refractivity contribution in [1.82, 2.24) is 10.2 Å². The lowest BCUT2D eigenvalue weighted by Crippen LogP contribution is -2.48. The predicted molar refractivity (Wildman–Crippen MR) is 85.2 cm³/mol. The fourth-order valence-corrected chi connectivity index (χ4v) is 3.11. The molecule has 1 aliphatic rings. The van der Waals surface area contributed by atoms with Gasteiger partial charge in [-0.05, 0) is 25.5 Å². The molecule has 0 radical (unpaired) electrons. The summed E-state index contributed by atoms with van der Waals surface area (Å²) in [5.74, 6) is 1.01. The van der Waals surface area contributed by atoms with Crippen LogP contribution in [0.3, 0.4) is 0 Å². The summed E-state index contributed by atoms with van der Waals surface area (Å²) in [6.07, 6.45) is 6.87. The highest BCUT2D eigenvalue weighted by Crippen LogP contribution is 2.32. The zero-order valence-electron chi connectivity index (χ0n) is 12.9. The average molecular weight is 287 g/mol. The molecule has 1 fully saturated rings. The second-order valence-corrected chi connectivity index (χ2v) is 6.45. The lowest BCUT2D eigenvalue weighted by atomic mass is 9.99. The minimum atomic E-state index is 0.305. The highest BCUT2D eigenvalue weighted by atomic mass is 32.2. The van der Waals surface area contributed by atoms with Gasteiger partial charge in [-0.2, -0.15) is 11.8 Å². The molecule has 1 rings (SSSR count). The number of nitrogens with one attached hydrogen (secondary N) is 1. The molecule has 0 amide bonds. The van der Waals surface area contributed by atoms with E-state index in [1.807, 2.05) is 18.8 Å². The minimum Gasteiger partial charge on any atom is -0.381 e. The van der Waals surface area contributed by atoms with E-state index in [0.29, 0.717) is 4.75 Å². The number of unbranched alkanes of at least 4 members (excludes halogenated alkanes) is 1. The third kappa shape index (κ3) is 5.22. The normalized spacial score (nSPS) is 19.3. The van der Waals surface area contributed by atoms with E-state index in [0.717, 1.165) is 45.1 Å². The topological polar surface area (TPSA) is 36.9 Å². The van der Waals surface area contributed by atoms with Crippen LogP contribution in [-0.2, 0) is 4.74 Å². The standard InChI is InChI=1S/C14H29N3OS/c1-5-6-9-17(3)13(15-2)16-12-14(19-4)7-10-18-11-8-14/h5-12H2,1-4H3,(H,15,16). The molecule has 1 heterocycles. The first-order valence-electron chi connectivity index (χ1n) is 7.22. The smallest absolute Gasteiger partial charge is 0.193 e. The largest absolute Gasteiger partial charge is 0.381 e. The molecule has 0 spiro atoms. The Hall–Kier alpha value is -0.420. The number of guanidine groups is 1. The zero-order valence-corrected chi connectivity index (χ0v) is 13.7. The van der Waals surface area contributed by atoms with Gasteiger partial charge in [0.15, 0.2) is 5.96 Å². The van der Waals surface area contributed by atoms with Gasteiger partial charge in [0.1, 0.15) is 0 Å². The van der Waals surface area contributed by atoms with Crippen LogP contribution in [0.25, 0.3) is 0 Å². The van der Waals surface area contributed by atoms with Gasteiger partial charge in [-0.1, -0.05) is 13.3 Å². The van der Waals surface area contributed by atoms with Crippen LogP contribution in [0, 0.1) is 0 Å². The molecule has 1 saturated heterocycles. The molecule has 0 bridgehead atoms. The van der Waals surface area contributed by atoms with E-state index in [1.54, 1.807) is 0 Å². The van der Waals surface area contributed by atoms with E-state index in [9.17, 15) is 0 Å². The maximum absolute atomic E-state index is 5.48. The Balaban J connectivity index is 2.47. The van der Waals surface area contributed by atoms with Crippen LogP contribution in [0.1, 0.15) is 32.6 Å². The van der Waals surface area contributed by atoms with Gasteiger partial charge in [0.2, 0.25) is 0 Å². The molecule has 4 nitrogen and oxygen atoms in total. The summed E-state index contributed by atoms with van der Waals surface area (Å²) in [7, 11) is 3.97. The number of nitrogens with zero attached hydrogens (tertiary/aromatic N) is 2. The Labute approximate surface area is 122 Å². The Morgan fingerprint density at radius 2 is 2.11 bits per heavy atom. The molecule has 1 N–H and O–H groups in total. The summed E-state index contributed by atoms with van der Waals surface area (Å²) >= 11 is 1.96. The Kier molecular flexibility index (Phi) is 7.61. The van der Waals surface area contributed by atoms with Gasteiger partial charge in [0.25, 0.3) is 0 Å². The SMILES string of the molecule is CCCCN(C)C(=NC)NCC1(SC)CCOCC1. The van der Waals surface area contributed by atoms with Crippen molar-refractivity contribution in [3.8, 4) is 0 Å². The van der Waals surface area contributed by atoms with Crippen molar-refractivity contribution in [2.24, 2.45) is 4.99 Å². The van der Waals surface area contributed by atoms with Crippen molar-refractivity contribution in [3.05, 3.63) is 0 Å². The highest BCUT2D eigenvalue weighted by molar-refractivity contribution is 8.00. The van der Waals surface area contributed by atoms with Crippen molar-refractivity contribution < 1.29 is 4.74 Å². The molecule has 112 valence electrons. The molecule has 0 aromatic carbocycles. The summed E-state index contributed by atoms with van der Waals surface area (Å²) in [6.45, 7) is 6.01. The number of hydrogen-bond donors (Lipinski definition) is 1. The molecule has 0 aliphatic carbocycles. The number of rotatable bonds is 6. The van der Waals surface area contributed by atoms with Crippen LogP contribution in [-0.4, -0.2) is 62.3 Å². The van der Waals surface area contributed by atoms with Crippen LogP contribution in [0.4, 0.5) is 0 Å². The maximum Gasteiger partial charge on any atom is 0.193 e. The first-order valence-corrected chi connectivity index (χ1v) is 8.44. The Morgan fingerprint density at radius 3 is 2.63 bits per heavy atom. The van der Waals surface area contributed by atoms with Gasteiger partial charge in [0, 0.05) is 45.1 Å². The molecular formula is C14H29N3OS. The van der Waals surface area contributed by atoms with Crippen molar-refractivity contribution in [2.75, 3.05) is 46.7 Å². The van der Waals surface area contributed by atoms with Gasteiger partial charge in [-0.3, -0.25) is 4.99 Å². The van der Waals surface area contributed by atoms with Gasteiger partial charge in [-0.15, -0.1) is 0 Å². The van der Waals surface area contributed by atoms with Crippen molar-refractivity contribution in [2.45, 2.75) is 37.4 Å². The summed E-state index contributed by atoms with van der Waals surface area (Å²) < 4.78 is 5.78. The fourth-order valence-electron chi connectivity index (χ4n) is 2.32. The molecule has 1 aliphatic heterocycles. The third-order valence-electron chi connectivity index (χ3n) is 3.83. The second-order valence-electron chi connectivity index (χ2n) is 5.18. The van der Waals surface area contributed by atoms with E-state index >= 15 is 0 Å². The second kappa shape index (κ2) is 8.69. The zero-order chi connectivity index (χ0) is 14.1. The number of thioether (sulfide) groups is 1. The average Bonchev–Trinajstić information content (AvgIpc) is 2.46. The molecule has 0 aromatic rings. The summed E-state index contributed by atoms with van der Waals surface area (Å²) in [5, 5.41) is 3.54. The van der Waals surface area contributed by atoms with Crippen molar-refractivity contribution in [1.29, 1.82) is 0 Å². The number of aliphatic imine (C=N–C) groups is 1. The maximum atomic E-state index is 5.48. The molecule has 0 unspecified atom stereocenters. The summed E-state index contributed by atoms with van der Waals surface area (Å²) in [4.78, 5) is 6.60. The highest BCUT2D eigenvalue weighted by Gasteiger charge is 2.32. The third-order valence-corrected chi connectivity index (χ3v) is 5.24. The van der Waals surface area contributed by atoms with Gasteiger partial charge >= 0.3 is 0 Å². The first kappa shape index (κ1) is 16.6. The van der Waals surface area contributed by atoms with Crippen LogP contribution in [0.5, 0.6) is 0 Å². The molecule has 5 heteroatoms. The molecular weight excluding hydrogens is 258 g/mol. The van der Waals surface area contributed by atoms with Crippen LogP contribution in [0.2, 0.25) is 0 Å². The quantitative estimate of drug-likeness (QED) is 0.600. The van der Waals surface area contributed by atoms with Gasteiger partial charge < -0.3 is 15.0 Å². The van der Waals surface area contributed by atoms with Crippen LogP contribution >= 0.6 is 11.8 Å². The van der Waals surface area contributed by atoms with Gasteiger partial charge in [-0.25, -0.2) is 0 Å². The van der Waals surface area contributed by atoms with Crippen LogP contribution < -0.4 is 5.32 Å². The number of hydrogen-bond acceptors (Lipinski definition) is 3. The van der Waals surface area contributed by atoms with Crippen molar-refractivity contribution >= 4 is 17.7 Å². The van der Waals surface area contributed by atoms with E-state index < -0.39 is 0 Å². The molecule has 0 atom stereocenters. The molecule has 0 saturated carbocycles. The van der Waals surface area contributed by atoms with Gasteiger partial charge in [0.05, 0.1) is 0 Å². The van der Waals surface area contributed by atoms with E-state index in [2.05, 4.69) is 35.4 Å². The van der Waals surface area contributed by atoms with Crippen LogP contribution in [0.15, 0.2) is 4.99 Å². The van der Waals surface area contributed by atoms with E-state index in [1.165, 1.54) is 12.8 Å². The predicted octanol–water partition coefficient (Wildman–Crippen LogP) is 2.21. The Morgan fingerprint density at radius 1 is 1.42 bits per heavy atom. The first-order chi connectivity index (χ1) is 9.17. The fraction of sp³-hybridized carbons (Fsp3) is 0.929. The summed E-state index contributed by atoms with van der Waals surface area (Å²) in [6, 6.07) is 0. The van der Waals surface area contributed by atoms with E-state index in [-0.39, 0.29) is 0 Å². The summed E-state index contributed by atoms with van der Waals surface area (Å²) in [5.41, 5.74) is 0. The Bertz CT molecular complexity index is 278. The minimum absolute atomic E-state index is 0.305. The van der Waals surface area contributed by atoms with Crippen molar-refractivity contribution in [3.63, 3.8) is 0 Å². The number of ether oxygens (including phenoxy) is 1. The molecule has 0 aromatic heterocycles. The monoisotopic (exact) mass is 287 g/mol. The molecule has 19 heavy (non-hydrogen) atoms. The van der Waals surface area contributed by atoms with E-state index in [4.69, 9.17) is 4.74 Å². The lowest BCUT2D eigenvalue weighted by Gasteiger charge is -2.36. The lowest BCUT2D eigenvalue weighted by molar-refractivity contribution is 0.0781.